The first-order valence-electron chi connectivity index (χ1n) is 5.70. The summed E-state index contributed by atoms with van der Waals surface area (Å²) < 4.78 is 2.06. The summed E-state index contributed by atoms with van der Waals surface area (Å²) in [6.45, 7) is 2.18. The van der Waals surface area contributed by atoms with Crippen LogP contribution in [0.1, 0.15) is 25.8 Å². The number of aromatic nitrogens is 2. The highest BCUT2D eigenvalue weighted by atomic mass is 35.5. The second-order valence-corrected chi connectivity index (χ2v) is 5.49. The Labute approximate surface area is 110 Å². The van der Waals surface area contributed by atoms with Crippen LogP contribution >= 0.6 is 23.2 Å². The van der Waals surface area contributed by atoms with E-state index in [0.29, 0.717) is 28.0 Å². The molecule has 90 valence electrons. The summed E-state index contributed by atoms with van der Waals surface area (Å²) in [5, 5.41) is 1.06. The van der Waals surface area contributed by atoms with Crippen molar-refractivity contribution in [1.29, 1.82) is 0 Å². The quantitative estimate of drug-likeness (QED) is 0.899. The van der Waals surface area contributed by atoms with Gasteiger partial charge in [-0.3, -0.25) is 0 Å². The predicted molar refractivity (Wildman–Crippen MR) is 71.6 cm³/mol. The molecular formula is C12H13Cl2N3. The Morgan fingerprint density at radius 3 is 2.65 bits per heavy atom. The number of imidazole rings is 1. The van der Waals surface area contributed by atoms with E-state index < -0.39 is 0 Å². The van der Waals surface area contributed by atoms with Crippen LogP contribution in [0, 0.1) is 5.92 Å². The summed E-state index contributed by atoms with van der Waals surface area (Å²) in [7, 11) is 0. The summed E-state index contributed by atoms with van der Waals surface area (Å²) in [4.78, 5) is 4.34. The lowest BCUT2D eigenvalue weighted by atomic mass is 10.2. The number of nitrogen functional groups attached to an aromatic ring is 1. The van der Waals surface area contributed by atoms with E-state index in [2.05, 4.69) is 16.5 Å². The van der Waals surface area contributed by atoms with E-state index in [9.17, 15) is 0 Å². The molecule has 0 bridgehead atoms. The fraction of sp³-hybridized carbons (Fsp3) is 0.417. The van der Waals surface area contributed by atoms with Gasteiger partial charge in [0.2, 0.25) is 5.95 Å². The number of hydrogen-bond donors (Lipinski definition) is 1. The lowest BCUT2D eigenvalue weighted by Crippen LogP contribution is -2.10. The third-order valence-corrected chi connectivity index (χ3v) is 4.19. The number of hydrogen-bond acceptors (Lipinski definition) is 2. The molecule has 1 aliphatic carbocycles. The first kappa shape index (κ1) is 11.2. The van der Waals surface area contributed by atoms with Crippen molar-refractivity contribution in [2.45, 2.75) is 25.8 Å². The van der Waals surface area contributed by atoms with Gasteiger partial charge in [0.25, 0.3) is 0 Å². The fourth-order valence-electron chi connectivity index (χ4n) is 2.33. The van der Waals surface area contributed by atoms with Crippen LogP contribution in [-0.2, 0) is 0 Å². The minimum Gasteiger partial charge on any atom is -0.369 e. The van der Waals surface area contributed by atoms with Crippen molar-refractivity contribution in [3.63, 3.8) is 0 Å². The molecule has 1 saturated carbocycles. The Hall–Kier alpha value is -0.930. The highest BCUT2D eigenvalue weighted by molar-refractivity contribution is 6.42. The van der Waals surface area contributed by atoms with Gasteiger partial charge in [0.05, 0.1) is 21.1 Å². The number of fused-ring (bicyclic) bond motifs is 1. The molecule has 5 heteroatoms. The van der Waals surface area contributed by atoms with Gasteiger partial charge in [0, 0.05) is 6.04 Å². The van der Waals surface area contributed by atoms with Crippen LogP contribution in [-0.4, -0.2) is 9.55 Å². The molecule has 17 heavy (non-hydrogen) atoms. The van der Waals surface area contributed by atoms with Gasteiger partial charge >= 0.3 is 0 Å². The smallest absolute Gasteiger partial charge is 0.201 e. The van der Waals surface area contributed by atoms with E-state index in [1.807, 2.05) is 6.07 Å². The maximum absolute atomic E-state index is 6.05. The Balaban J connectivity index is 2.22. The molecule has 2 aromatic rings. The highest BCUT2D eigenvalue weighted by Crippen LogP contribution is 2.42. The predicted octanol–water partition coefficient (Wildman–Crippen LogP) is 3.90. The van der Waals surface area contributed by atoms with Gasteiger partial charge in [-0.1, -0.05) is 23.2 Å². The topological polar surface area (TPSA) is 43.8 Å². The van der Waals surface area contributed by atoms with Gasteiger partial charge in [-0.15, -0.1) is 0 Å². The van der Waals surface area contributed by atoms with Crippen molar-refractivity contribution in [1.82, 2.24) is 9.55 Å². The van der Waals surface area contributed by atoms with E-state index in [4.69, 9.17) is 28.9 Å². The Bertz CT molecular complexity index is 587. The number of nitrogens with zero attached hydrogens (tertiary/aromatic N) is 2. The zero-order valence-corrected chi connectivity index (χ0v) is 11.0. The van der Waals surface area contributed by atoms with Crippen LogP contribution in [0.3, 0.4) is 0 Å². The van der Waals surface area contributed by atoms with Crippen LogP contribution in [0.25, 0.3) is 11.0 Å². The number of halogens is 2. The SMILES string of the molecule is CC(C1CC1)n1c(N)nc2cc(Cl)c(Cl)cc21. The molecule has 1 unspecified atom stereocenters. The van der Waals surface area contributed by atoms with Crippen molar-refractivity contribution >= 4 is 40.2 Å². The third-order valence-electron chi connectivity index (χ3n) is 3.47. The molecule has 1 fully saturated rings. The molecule has 1 aromatic heterocycles. The van der Waals surface area contributed by atoms with Gasteiger partial charge in [-0.05, 0) is 37.8 Å². The first-order valence-corrected chi connectivity index (χ1v) is 6.46. The van der Waals surface area contributed by atoms with Gasteiger partial charge in [0.15, 0.2) is 0 Å². The standard InChI is InChI=1S/C12H13Cl2N3/c1-6(7-2-3-7)17-11-5-9(14)8(13)4-10(11)16-12(17)15/h4-7H,2-3H2,1H3,(H2,15,16). The molecule has 1 heterocycles. The maximum Gasteiger partial charge on any atom is 0.201 e. The minimum atomic E-state index is 0.372. The third kappa shape index (κ3) is 1.78. The second kappa shape index (κ2) is 3.79. The highest BCUT2D eigenvalue weighted by Gasteiger charge is 2.31. The molecule has 0 amide bonds. The summed E-state index contributed by atoms with van der Waals surface area (Å²) in [6, 6.07) is 3.99. The van der Waals surface area contributed by atoms with E-state index in [-0.39, 0.29) is 0 Å². The molecule has 1 aromatic carbocycles. The number of benzene rings is 1. The van der Waals surface area contributed by atoms with Crippen LogP contribution < -0.4 is 5.73 Å². The molecule has 0 aliphatic heterocycles. The van der Waals surface area contributed by atoms with E-state index >= 15 is 0 Å². The number of nitrogens with two attached hydrogens (primary N) is 1. The van der Waals surface area contributed by atoms with Crippen LogP contribution in [0.15, 0.2) is 12.1 Å². The summed E-state index contributed by atoms with van der Waals surface area (Å²) >= 11 is 12.0. The average molecular weight is 270 g/mol. The zero-order chi connectivity index (χ0) is 12.2. The van der Waals surface area contributed by atoms with Gasteiger partial charge in [0.1, 0.15) is 0 Å². The molecule has 0 saturated heterocycles. The molecule has 2 N–H and O–H groups in total. The van der Waals surface area contributed by atoms with Crippen LogP contribution in [0.2, 0.25) is 10.0 Å². The van der Waals surface area contributed by atoms with Crippen molar-refractivity contribution in [2.75, 3.05) is 5.73 Å². The van der Waals surface area contributed by atoms with E-state index in [0.717, 1.165) is 11.0 Å². The normalized spacial score (nSPS) is 17.6. The summed E-state index contributed by atoms with van der Waals surface area (Å²) in [5.74, 6) is 1.25. The molecule has 3 nitrogen and oxygen atoms in total. The van der Waals surface area contributed by atoms with Crippen LogP contribution in [0.4, 0.5) is 5.95 Å². The molecule has 1 aliphatic rings. The molecular weight excluding hydrogens is 257 g/mol. The van der Waals surface area contributed by atoms with Crippen molar-refractivity contribution in [2.24, 2.45) is 5.92 Å². The number of rotatable bonds is 2. The summed E-state index contributed by atoms with van der Waals surface area (Å²) in [6.07, 6.45) is 2.53. The van der Waals surface area contributed by atoms with Gasteiger partial charge in [-0.25, -0.2) is 4.98 Å². The lowest BCUT2D eigenvalue weighted by Gasteiger charge is -2.15. The molecule has 1 atom stereocenters. The van der Waals surface area contributed by atoms with Crippen molar-refractivity contribution in [3.05, 3.63) is 22.2 Å². The van der Waals surface area contributed by atoms with Crippen LogP contribution in [0.5, 0.6) is 0 Å². The molecule has 3 rings (SSSR count). The molecule has 0 spiro atoms. The fourth-order valence-corrected chi connectivity index (χ4v) is 2.64. The van der Waals surface area contributed by atoms with E-state index in [1.165, 1.54) is 12.8 Å². The van der Waals surface area contributed by atoms with Gasteiger partial charge < -0.3 is 10.3 Å². The lowest BCUT2D eigenvalue weighted by molar-refractivity contribution is 0.504. The van der Waals surface area contributed by atoms with E-state index in [1.54, 1.807) is 6.07 Å². The Kier molecular flexibility index (Phi) is 2.49. The minimum absolute atomic E-state index is 0.372. The first-order chi connectivity index (χ1) is 8.08. The van der Waals surface area contributed by atoms with Gasteiger partial charge in [-0.2, -0.15) is 0 Å². The van der Waals surface area contributed by atoms with Crippen molar-refractivity contribution < 1.29 is 0 Å². The largest absolute Gasteiger partial charge is 0.369 e. The zero-order valence-electron chi connectivity index (χ0n) is 9.45. The second-order valence-electron chi connectivity index (χ2n) is 4.67. The Morgan fingerprint density at radius 1 is 1.35 bits per heavy atom. The maximum atomic E-state index is 6.05. The monoisotopic (exact) mass is 269 g/mol. The average Bonchev–Trinajstić information content (AvgIpc) is 3.04. The van der Waals surface area contributed by atoms with Crippen molar-refractivity contribution in [3.8, 4) is 0 Å². The molecule has 0 radical (unpaired) electrons. The number of anilines is 1. The Morgan fingerprint density at radius 2 is 2.00 bits per heavy atom. The summed E-state index contributed by atoms with van der Waals surface area (Å²) in [5.41, 5.74) is 7.76.